The van der Waals surface area contributed by atoms with Crippen molar-refractivity contribution in [2.24, 2.45) is 5.10 Å². The van der Waals surface area contributed by atoms with E-state index in [9.17, 15) is 25.1 Å². The average molecular weight is 329 g/mol. The number of nitrogens with zero attached hydrogens (tertiary/aromatic N) is 2. The molecule has 24 heavy (non-hydrogen) atoms. The maximum atomic E-state index is 12.1. The van der Waals surface area contributed by atoms with Crippen molar-refractivity contribution in [3.05, 3.63) is 63.2 Å². The largest absolute Gasteiger partial charge is 0.508 e. The number of aromatic hydroxyl groups is 2. The molecule has 0 bridgehead atoms. The minimum Gasteiger partial charge on any atom is -0.508 e. The lowest BCUT2D eigenvalue weighted by Crippen LogP contribution is -2.19. The van der Waals surface area contributed by atoms with Gasteiger partial charge in [0.05, 0.1) is 10.6 Å². The van der Waals surface area contributed by atoms with E-state index in [0.717, 1.165) is 0 Å². The van der Waals surface area contributed by atoms with E-state index in [1.54, 1.807) is 13.8 Å². The maximum absolute atomic E-state index is 12.1. The van der Waals surface area contributed by atoms with Crippen LogP contribution < -0.4 is 5.43 Å². The fraction of sp³-hybridized carbons (Fsp3) is 0.125. The summed E-state index contributed by atoms with van der Waals surface area (Å²) in [5.74, 6) is -0.787. The van der Waals surface area contributed by atoms with Gasteiger partial charge in [0.2, 0.25) is 0 Å². The number of phenolic OH excluding ortho intramolecular Hbond substituents is 2. The maximum Gasteiger partial charge on any atom is 0.272 e. The van der Waals surface area contributed by atoms with Crippen molar-refractivity contribution in [2.45, 2.75) is 13.8 Å². The molecule has 8 heteroatoms. The standard InChI is InChI=1S/C16H15N3O5/c1-9-5-11(3-4-15(9)19(23)24)16(22)18-17-10(2)12-6-13(20)8-14(21)7-12/h3-8,20-21H,1-2H3,(H,18,22)/b17-10+. The zero-order chi connectivity index (χ0) is 17.9. The van der Waals surface area contributed by atoms with Gasteiger partial charge in [0.1, 0.15) is 11.5 Å². The molecule has 1 amide bonds. The summed E-state index contributed by atoms with van der Waals surface area (Å²) in [4.78, 5) is 22.3. The Hall–Kier alpha value is -3.42. The number of carbonyl (C=O) groups is 1. The molecule has 2 aromatic carbocycles. The second-order valence-electron chi connectivity index (χ2n) is 5.13. The summed E-state index contributed by atoms with van der Waals surface area (Å²) in [6.45, 7) is 3.13. The second-order valence-corrected chi connectivity index (χ2v) is 5.13. The Labute approximate surface area is 137 Å². The van der Waals surface area contributed by atoms with Crippen LogP contribution in [0.2, 0.25) is 0 Å². The predicted octanol–water partition coefficient (Wildman–Crippen LogP) is 2.47. The van der Waals surface area contributed by atoms with Crippen LogP contribution in [0.4, 0.5) is 5.69 Å². The molecule has 0 heterocycles. The van der Waals surface area contributed by atoms with E-state index in [-0.39, 0.29) is 22.7 Å². The van der Waals surface area contributed by atoms with Gasteiger partial charge in [0, 0.05) is 28.8 Å². The molecule has 3 N–H and O–H groups in total. The highest BCUT2D eigenvalue weighted by molar-refractivity contribution is 6.01. The highest BCUT2D eigenvalue weighted by atomic mass is 16.6. The highest BCUT2D eigenvalue weighted by Gasteiger charge is 2.13. The average Bonchev–Trinajstić information content (AvgIpc) is 2.50. The number of hydrogen-bond acceptors (Lipinski definition) is 6. The van der Waals surface area contributed by atoms with Crippen LogP contribution in [0.25, 0.3) is 0 Å². The molecule has 124 valence electrons. The van der Waals surface area contributed by atoms with E-state index in [1.807, 2.05) is 0 Å². The molecule has 0 saturated carbocycles. The van der Waals surface area contributed by atoms with Crippen molar-refractivity contribution in [2.75, 3.05) is 0 Å². The minimum absolute atomic E-state index is 0.0681. The van der Waals surface area contributed by atoms with Crippen LogP contribution >= 0.6 is 0 Å². The van der Waals surface area contributed by atoms with E-state index in [4.69, 9.17) is 0 Å². The first-order chi connectivity index (χ1) is 11.3. The number of hydrogen-bond donors (Lipinski definition) is 3. The number of amides is 1. The van der Waals surface area contributed by atoms with Crippen LogP contribution in [0.3, 0.4) is 0 Å². The van der Waals surface area contributed by atoms with Crippen LogP contribution in [-0.2, 0) is 0 Å². The third-order valence-electron chi connectivity index (χ3n) is 3.30. The number of nitro benzene ring substituents is 1. The lowest BCUT2D eigenvalue weighted by Gasteiger charge is -2.05. The SMILES string of the molecule is C/C(=N\NC(=O)c1ccc([N+](=O)[O-])c(C)c1)c1cc(O)cc(O)c1. The quantitative estimate of drug-likeness (QED) is 0.451. The van der Waals surface area contributed by atoms with Gasteiger partial charge in [-0.15, -0.1) is 0 Å². The molecule has 0 aliphatic heterocycles. The molecule has 0 atom stereocenters. The molecule has 0 aliphatic carbocycles. The number of nitro groups is 1. The van der Waals surface area contributed by atoms with Gasteiger partial charge in [-0.25, -0.2) is 5.43 Å². The zero-order valence-electron chi connectivity index (χ0n) is 13.0. The van der Waals surface area contributed by atoms with Crippen molar-refractivity contribution in [3.8, 4) is 11.5 Å². The summed E-state index contributed by atoms with van der Waals surface area (Å²) in [7, 11) is 0. The van der Waals surface area contributed by atoms with Crippen molar-refractivity contribution in [1.29, 1.82) is 0 Å². The van der Waals surface area contributed by atoms with E-state index in [2.05, 4.69) is 10.5 Å². The van der Waals surface area contributed by atoms with Crippen LogP contribution in [0.1, 0.15) is 28.4 Å². The number of phenols is 2. The molecule has 0 unspecified atom stereocenters. The van der Waals surface area contributed by atoms with Crippen molar-refractivity contribution in [3.63, 3.8) is 0 Å². The summed E-state index contributed by atoms with van der Waals surface area (Å²) in [5, 5.41) is 33.6. The predicted molar refractivity (Wildman–Crippen MR) is 87.3 cm³/mol. The monoisotopic (exact) mass is 329 g/mol. The number of hydrazone groups is 1. The van der Waals surface area contributed by atoms with Crippen molar-refractivity contribution >= 4 is 17.3 Å². The topological polar surface area (TPSA) is 125 Å². The Balaban J connectivity index is 2.17. The van der Waals surface area contributed by atoms with Gasteiger partial charge in [-0.1, -0.05) is 0 Å². The first kappa shape index (κ1) is 16.9. The molecule has 0 fully saturated rings. The Morgan fingerprint density at radius 1 is 1.12 bits per heavy atom. The molecule has 0 radical (unpaired) electrons. The third kappa shape index (κ3) is 3.86. The number of benzene rings is 2. The van der Waals surface area contributed by atoms with Gasteiger partial charge < -0.3 is 10.2 Å². The lowest BCUT2D eigenvalue weighted by molar-refractivity contribution is -0.385. The van der Waals surface area contributed by atoms with E-state index >= 15 is 0 Å². The summed E-state index contributed by atoms with van der Waals surface area (Å²) >= 11 is 0. The van der Waals surface area contributed by atoms with Gasteiger partial charge in [0.25, 0.3) is 11.6 Å². The van der Waals surface area contributed by atoms with Gasteiger partial charge in [-0.3, -0.25) is 14.9 Å². The second kappa shape index (κ2) is 6.78. The normalized spacial score (nSPS) is 11.2. The Morgan fingerprint density at radius 3 is 2.29 bits per heavy atom. The van der Waals surface area contributed by atoms with Gasteiger partial charge in [-0.05, 0) is 38.1 Å². The zero-order valence-corrected chi connectivity index (χ0v) is 13.0. The number of rotatable bonds is 4. The number of aryl methyl sites for hydroxylation is 1. The Kier molecular flexibility index (Phi) is 4.78. The molecule has 0 spiro atoms. The molecule has 2 aromatic rings. The molecule has 0 aromatic heterocycles. The number of nitrogens with one attached hydrogen (secondary N) is 1. The van der Waals surface area contributed by atoms with Gasteiger partial charge in [-0.2, -0.15) is 5.10 Å². The van der Waals surface area contributed by atoms with Crippen LogP contribution in [-0.4, -0.2) is 26.8 Å². The minimum atomic E-state index is -0.531. The van der Waals surface area contributed by atoms with E-state index in [1.165, 1.54) is 36.4 Å². The van der Waals surface area contributed by atoms with E-state index < -0.39 is 10.8 Å². The summed E-state index contributed by atoms with van der Waals surface area (Å²) in [5.41, 5.74) is 3.66. The Bertz CT molecular complexity index is 825. The van der Waals surface area contributed by atoms with E-state index in [0.29, 0.717) is 16.8 Å². The Morgan fingerprint density at radius 2 is 1.75 bits per heavy atom. The van der Waals surface area contributed by atoms with Crippen molar-refractivity contribution < 1.29 is 19.9 Å². The fourth-order valence-electron chi connectivity index (χ4n) is 2.07. The summed E-state index contributed by atoms with van der Waals surface area (Å²) in [6, 6.07) is 7.95. The van der Waals surface area contributed by atoms with Gasteiger partial charge >= 0.3 is 0 Å². The molecular weight excluding hydrogens is 314 g/mol. The smallest absolute Gasteiger partial charge is 0.272 e. The first-order valence-electron chi connectivity index (χ1n) is 6.91. The highest BCUT2D eigenvalue weighted by Crippen LogP contribution is 2.21. The van der Waals surface area contributed by atoms with Crippen LogP contribution in [0.5, 0.6) is 11.5 Å². The fourth-order valence-corrected chi connectivity index (χ4v) is 2.07. The molecule has 0 aliphatic rings. The molecule has 2 rings (SSSR count). The van der Waals surface area contributed by atoms with Crippen LogP contribution in [0.15, 0.2) is 41.5 Å². The number of carbonyl (C=O) groups excluding carboxylic acids is 1. The third-order valence-corrected chi connectivity index (χ3v) is 3.30. The van der Waals surface area contributed by atoms with Gasteiger partial charge in [0.15, 0.2) is 0 Å². The molecule has 8 nitrogen and oxygen atoms in total. The molecule has 0 saturated heterocycles. The molecular formula is C16H15N3O5. The summed E-state index contributed by atoms with van der Waals surface area (Å²) in [6.07, 6.45) is 0. The van der Waals surface area contributed by atoms with Crippen molar-refractivity contribution in [1.82, 2.24) is 5.43 Å². The first-order valence-corrected chi connectivity index (χ1v) is 6.91. The lowest BCUT2D eigenvalue weighted by atomic mass is 10.1. The summed E-state index contributed by atoms with van der Waals surface area (Å²) < 4.78 is 0. The van der Waals surface area contributed by atoms with Crippen LogP contribution in [0, 0.1) is 17.0 Å².